The highest BCUT2D eigenvalue weighted by Gasteiger charge is 2.23. The first-order valence-corrected chi connectivity index (χ1v) is 15.9. The van der Waals surface area contributed by atoms with E-state index in [1.165, 1.54) is 17.1 Å². The number of nitro groups is 1. The third kappa shape index (κ3) is 7.04. The third-order valence-electron chi connectivity index (χ3n) is 8.61. The van der Waals surface area contributed by atoms with E-state index in [0.717, 1.165) is 56.1 Å². The summed E-state index contributed by atoms with van der Waals surface area (Å²) in [6.07, 6.45) is 11.0. The summed E-state index contributed by atoms with van der Waals surface area (Å²) in [5.41, 5.74) is 9.32. The molecule has 3 aromatic heterocycles. The number of nitrogens with one attached hydrogen (secondary N) is 2. The molecule has 0 bridgehead atoms. The molecule has 2 aromatic carbocycles. The smallest absolute Gasteiger partial charge is 0.358 e. The number of H-pyrrole nitrogens is 1. The Morgan fingerprint density at radius 3 is 2.74 bits per heavy atom. The molecule has 240 valence electrons. The molecule has 11 nitrogen and oxygen atoms in total. The molecule has 1 saturated heterocycles. The summed E-state index contributed by atoms with van der Waals surface area (Å²) < 4.78 is 18.4. The van der Waals surface area contributed by atoms with E-state index in [1.54, 1.807) is 29.0 Å². The number of nitrogens with zero attached hydrogens (tertiary/aromatic N) is 5. The molecule has 1 aliphatic rings. The van der Waals surface area contributed by atoms with Gasteiger partial charge in [0, 0.05) is 41.8 Å². The van der Waals surface area contributed by atoms with Crippen LogP contribution in [0.3, 0.4) is 0 Å². The van der Waals surface area contributed by atoms with Crippen molar-refractivity contribution < 1.29 is 9.31 Å². The van der Waals surface area contributed by atoms with E-state index in [9.17, 15) is 14.9 Å². The van der Waals surface area contributed by atoms with Crippen LogP contribution < -0.4 is 16.7 Å². The van der Waals surface area contributed by atoms with Gasteiger partial charge in [0.2, 0.25) is 6.33 Å². The maximum absolute atomic E-state index is 15.1. The summed E-state index contributed by atoms with van der Waals surface area (Å²) in [5, 5.41) is 15.3. The summed E-state index contributed by atoms with van der Waals surface area (Å²) in [6, 6.07) is 13.6. The molecule has 0 amide bonds. The maximum Gasteiger partial charge on any atom is 0.381 e. The van der Waals surface area contributed by atoms with Crippen LogP contribution in [0.25, 0.3) is 28.0 Å². The van der Waals surface area contributed by atoms with Gasteiger partial charge in [-0.2, -0.15) is 4.98 Å². The molecular formula is C33H36ClFN8O3. The number of piperidine rings is 1. The molecule has 0 unspecified atom stereocenters. The Morgan fingerprint density at radius 1 is 1.20 bits per heavy atom. The Balaban J connectivity index is 1.16. The van der Waals surface area contributed by atoms with Crippen LogP contribution in [0, 0.1) is 15.9 Å². The van der Waals surface area contributed by atoms with Crippen molar-refractivity contribution in [3.63, 3.8) is 0 Å². The van der Waals surface area contributed by atoms with E-state index in [0.29, 0.717) is 34.5 Å². The molecule has 0 spiro atoms. The van der Waals surface area contributed by atoms with Gasteiger partial charge in [-0.1, -0.05) is 30.2 Å². The van der Waals surface area contributed by atoms with Crippen molar-refractivity contribution in [1.29, 1.82) is 0 Å². The van der Waals surface area contributed by atoms with Crippen molar-refractivity contribution >= 4 is 28.5 Å². The van der Waals surface area contributed by atoms with E-state index in [-0.39, 0.29) is 29.0 Å². The first-order chi connectivity index (χ1) is 22.1. The Morgan fingerprint density at radius 2 is 2.00 bits per heavy atom. The van der Waals surface area contributed by atoms with Crippen LogP contribution in [0.2, 0.25) is 5.02 Å². The Kier molecular flexibility index (Phi) is 9.29. The van der Waals surface area contributed by atoms with Crippen LogP contribution in [0.4, 0.5) is 10.2 Å². The topological polar surface area (TPSA) is 150 Å². The SMILES string of the molecule is C[C@H](N)CCCc1cc(Cl)c(F)c(-c2cc3cn(-c4ccc([C@@H]5CCC[C@@H](CCn6cnc([N+](=O)[O-])c6)N5)cc4)c(=O)nc3[nH]2)c1. The van der Waals surface area contributed by atoms with Crippen LogP contribution in [0.15, 0.2) is 66.0 Å². The van der Waals surface area contributed by atoms with E-state index >= 15 is 4.39 Å². The van der Waals surface area contributed by atoms with Crippen molar-refractivity contribution in [1.82, 2.24) is 29.4 Å². The predicted octanol–water partition coefficient (Wildman–Crippen LogP) is 6.22. The second-order valence-corrected chi connectivity index (χ2v) is 12.6. The molecule has 1 aliphatic heterocycles. The van der Waals surface area contributed by atoms with Crippen LogP contribution in [0.5, 0.6) is 0 Å². The summed E-state index contributed by atoms with van der Waals surface area (Å²) in [6.45, 7) is 2.60. The molecule has 13 heteroatoms. The highest BCUT2D eigenvalue weighted by atomic mass is 35.5. The van der Waals surface area contributed by atoms with Gasteiger partial charge in [0.15, 0.2) is 5.82 Å². The van der Waals surface area contributed by atoms with Gasteiger partial charge in [-0.3, -0.25) is 4.57 Å². The molecule has 0 radical (unpaired) electrons. The lowest BCUT2D eigenvalue weighted by molar-refractivity contribution is -0.389. The van der Waals surface area contributed by atoms with Gasteiger partial charge in [-0.05, 0) is 96.8 Å². The minimum absolute atomic E-state index is 0.0443. The maximum atomic E-state index is 15.1. The number of aromatic amines is 1. The second-order valence-electron chi connectivity index (χ2n) is 12.1. The molecule has 1 fully saturated rings. The van der Waals surface area contributed by atoms with Crippen molar-refractivity contribution in [2.75, 3.05) is 0 Å². The van der Waals surface area contributed by atoms with Gasteiger partial charge in [0.25, 0.3) is 0 Å². The Hall–Kier alpha value is -4.39. The van der Waals surface area contributed by atoms with E-state index in [2.05, 4.69) is 20.3 Å². The standard InChI is InChI=1S/C33H36ClFN8O3/c1-20(36)4-2-5-21-14-26(31(35)27(34)15-21)29-16-23-17-42(33(44)40-32(23)39-29)25-10-8-22(9-11-25)28-7-3-6-24(38-28)12-13-41-18-30(37-19-41)43(45)46/h8-11,14-20,24,28,38H,2-7,12-13,36H2,1H3,(H,39,40,44)/t20-,24-,28-/m0/s1. The highest BCUT2D eigenvalue weighted by molar-refractivity contribution is 6.31. The lowest BCUT2D eigenvalue weighted by Gasteiger charge is -2.31. The van der Waals surface area contributed by atoms with Crippen LogP contribution in [-0.2, 0) is 13.0 Å². The van der Waals surface area contributed by atoms with E-state index < -0.39 is 16.4 Å². The number of fused-ring (bicyclic) bond motifs is 1. The zero-order valence-corrected chi connectivity index (χ0v) is 26.2. The first kappa shape index (κ1) is 31.6. The van der Waals surface area contributed by atoms with Gasteiger partial charge >= 0.3 is 11.5 Å². The zero-order chi connectivity index (χ0) is 32.4. The third-order valence-corrected chi connectivity index (χ3v) is 8.88. The first-order valence-electron chi connectivity index (χ1n) is 15.5. The minimum Gasteiger partial charge on any atom is -0.358 e. The summed E-state index contributed by atoms with van der Waals surface area (Å²) in [7, 11) is 0. The molecule has 5 aromatic rings. The normalized spacial score (nSPS) is 17.4. The van der Waals surface area contributed by atoms with Gasteiger partial charge in [0.05, 0.1) is 16.4 Å². The average Bonchev–Trinajstić information content (AvgIpc) is 3.69. The summed E-state index contributed by atoms with van der Waals surface area (Å²) in [5.74, 6) is -0.674. The van der Waals surface area contributed by atoms with Crippen molar-refractivity contribution in [2.24, 2.45) is 5.73 Å². The van der Waals surface area contributed by atoms with Crippen LogP contribution in [0.1, 0.15) is 62.6 Å². The Labute approximate surface area is 269 Å². The lowest BCUT2D eigenvalue weighted by Crippen LogP contribution is -2.37. The second kappa shape index (κ2) is 13.5. The van der Waals surface area contributed by atoms with Gasteiger partial charge in [-0.15, -0.1) is 0 Å². The highest BCUT2D eigenvalue weighted by Crippen LogP contribution is 2.32. The molecule has 0 aliphatic carbocycles. The average molecular weight is 647 g/mol. The number of aryl methyl sites for hydroxylation is 2. The Bertz CT molecular complexity index is 1920. The fourth-order valence-electron chi connectivity index (χ4n) is 6.19. The number of imidazole rings is 1. The number of hydrogen-bond donors (Lipinski definition) is 3. The van der Waals surface area contributed by atoms with Gasteiger partial charge < -0.3 is 30.7 Å². The van der Waals surface area contributed by atoms with Crippen molar-refractivity contribution in [3.8, 4) is 16.9 Å². The number of aromatic nitrogens is 5. The molecule has 3 atom stereocenters. The molecule has 4 N–H and O–H groups in total. The van der Waals surface area contributed by atoms with Crippen molar-refractivity contribution in [3.05, 3.63) is 104 Å². The molecule has 46 heavy (non-hydrogen) atoms. The molecular weight excluding hydrogens is 611 g/mol. The van der Waals surface area contributed by atoms with Crippen molar-refractivity contribution in [2.45, 2.75) is 76.5 Å². The fourth-order valence-corrected chi connectivity index (χ4v) is 6.43. The van der Waals surface area contributed by atoms with Crippen LogP contribution >= 0.6 is 11.6 Å². The number of halogens is 2. The minimum atomic E-state index is -0.528. The quantitative estimate of drug-likeness (QED) is 0.114. The van der Waals surface area contributed by atoms with E-state index in [4.69, 9.17) is 17.3 Å². The number of benzene rings is 2. The zero-order valence-electron chi connectivity index (χ0n) is 25.5. The summed E-state index contributed by atoms with van der Waals surface area (Å²) >= 11 is 6.26. The molecule has 4 heterocycles. The van der Waals surface area contributed by atoms with E-state index in [1.807, 2.05) is 31.2 Å². The number of rotatable bonds is 11. The number of hydrogen-bond acceptors (Lipinski definition) is 7. The monoisotopic (exact) mass is 646 g/mol. The van der Waals surface area contributed by atoms with Crippen LogP contribution in [-0.4, -0.2) is 41.1 Å². The predicted molar refractivity (Wildman–Crippen MR) is 176 cm³/mol. The largest absolute Gasteiger partial charge is 0.381 e. The van der Waals surface area contributed by atoms with Gasteiger partial charge in [0.1, 0.15) is 11.8 Å². The number of nitrogens with two attached hydrogens (primary N) is 1. The lowest BCUT2D eigenvalue weighted by atomic mass is 9.92. The molecule has 0 saturated carbocycles. The fraction of sp³-hybridized carbons (Fsp3) is 0.364. The summed E-state index contributed by atoms with van der Waals surface area (Å²) in [4.78, 5) is 34.6. The van der Waals surface area contributed by atoms with Gasteiger partial charge in [-0.25, -0.2) is 9.18 Å². The molecule has 6 rings (SSSR count).